The van der Waals surface area contributed by atoms with Crippen LogP contribution in [0.5, 0.6) is 0 Å². The molecular weight excluding hydrogens is 413 g/mol. The van der Waals surface area contributed by atoms with Gasteiger partial charge in [-0.3, -0.25) is 0 Å². The molecule has 2 aliphatic rings. The van der Waals surface area contributed by atoms with Gasteiger partial charge >= 0.3 is 6.18 Å². The van der Waals surface area contributed by atoms with Gasteiger partial charge in [0.15, 0.2) is 0 Å². The highest BCUT2D eigenvalue weighted by molar-refractivity contribution is 6.31. The Kier molecular flexibility index (Phi) is 4.90. The fraction of sp³-hybridized carbons (Fsp3) is 0.409. The number of alkyl halides is 3. The molecule has 1 aliphatic heterocycles. The Morgan fingerprint density at radius 2 is 2.03 bits per heavy atom. The number of hydrogen-bond donors (Lipinski definition) is 2. The average molecular weight is 435 g/mol. The smallest absolute Gasteiger partial charge is 0.361 e. The standard InChI is InChI=1S/C22H22ClF3N4/c23-15-5-7-18-16(8-15)14(9-27-18)10-28-19-6-4-13-11-30(12-17(13)19)21-3-1-2-20(29-21)22(24,25)26/h1-3,5,7-9,13,17,19,27-28H,4,6,10-12H2. The first kappa shape index (κ1) is 19.7. The molecule has 3 heterocycles. The van der Waals surface area contributed by atoms with Crippen molar-refractivity contribution in [2.75, 3.05) is 18.0 Å². The Labute approximate surface area is 177 Å². The summed E-state index contributed by atoms with van der Waals surface area (Å²) in [5.74, 6) is 1.32. The highest BCUT2D eigenvalue weighted by Crippen LogP contribution is 2.40. The third-order valence-electron chi connectivity index (χ3n) is 6.49. The third kappa shape index (κ3) is 3.65. The number of aromatic amines is 1. The van der Waals surface area contributed by atoms with Gasteiger partial charge in [0.05, 0.1) is 0 Å². The summed E-state index contributed by atoms with van der Waals surface area (Å²) < 4.78 is 39.1. The molecule has 4 nitrogen and oxygen atoms in total. The fourth-order valence-corrected chi connectivity index (χ4v) is 5.17. The Balaban J connectivity index is 1.27. The van der Waals surface area contributed by atoms with Crippen LogP contribution >= 0.6 is 11.6 Å². The SMILES string of the molecule is FC(F)(F)c1cccc(N2CC3CCC(NCc4c[nH]c5ccc(Cl)cc45)C3C2)n1. The van der Waals surface area contributed by atoms with Gasteiger partial charge < -0.3 is 15.2 Å². The highest BCUT2D eigenvalue weighted by Gasteiger charge is 2.43. The largest absolute Gasteiger partial charge is 0.433 e. The molecule has 1 aliphatic carbocycles. The predicted octanol–water partition coefficient (Wildman–Crippen LogP) is 5.24. The number of rotatable bonds is 4. The topological polar surface area (TPSA) is 44.0 Å². The van der Waals surface area contributed by atoms with Crippen molar-refractivity contribution in [1.82, 2.24) is 15.3 Å². The zero-order chi connectivity index (χ0) is 20.9. The minimum absolute atomic E-state index is 0.343. The number of aromatic nitrogens is 2. The van der Waals surface area contributed by atoms with Gasteiger partial charge in [0.25, 0.3) is 0 Å². The average Bonchev–Trinajstić information content (AvgIpc) is 3.40. The minimum Gasteiger partial charge on any atom is -0.361 e. The molecule has 3 aromatic rings. The zero-order valence-corrected chi connectivity index (χ0v) is 17.0. The molecule has 1 saturated heterocycles. The molecule has 0 radical (unpaired) electrons. The van der Waals surface area contributed by atoms with Crippen molar-refractivity contribution >= 4 is 28.3 Å². The summed E-state index contributed by atoms with van der Waals surface area (Å²) >= 11 is 6.15. The molecule has 0 bridgehead atoms. The second-order valence-corrected chi connectivity index (χ2v) is 8.71. The summed E-state index contributed by atoms with van der Waals surface area (Å²) in [4.78, 5) is 9.15. The van der Waals surface area contributed by atoms with Crippen LogP contribution in [-0.4, -0.2) is 29.1 Å². The number of fused-ring (bicyclic) bond motifs is 2. The second-order valence-electron chi connectivity index (χ2n) is 8.28. The Hall–Kier alpha value is -2.25. The number of H-pyrrole nitrogens is 1. The summed E-state index contributed by atoms with van der Waals surface area (Å²) in [7, 11) is 0. The first-order valence-electron chi connectivity index (χ1n) is 10.2. The maximum atomic E-state index is 13.0. The summed E-state index contributed by atoms with van der Waals surface area (Å²) in [6, 6.07) is 10.3. The van der Waals surface area contributed by atoms with Gasteiger partial charge in [-0.2, -0.15) is 13.2 Å². The lowest BCUT2D eigenvalue weighted by Gasteiger charge is -2.23. The summed E-state index contributed by atoms with van der Waals surface area (Å²) in [5, 5.41) is 5.51. The second kappa shape index (κ2) is 7.46. The predicted molar refractivity (Wildman–Crippen MR) is 112 cm³/mol. The Morgan fingerprint density at radius 3 is 2.87 bits per heavy atom. The first-order chi connectivity index (χ1) is 14.4. The highest BCUT2D eigenvalue weighted by atomic mass is 35.5. The zero-order valence-electron chi connectivity index (χ0n) is 16.2. The molecule has 30 heavy (non-hydrogen) atoms. The maximum absolute atomic E-state index is 13.0. The van der Waals surface area contributed by atoms with Gasteiger partial charge in [-0.25, -0.2) is 4.98 Å². The van der Waals surface area contributed by atoms with E-state index in [1.54, 1.807) is 6.07 Å². The first-order valence-corrected chi connectivity index (χ1v) is 10.5. The minimum atomic E-state index is -4.42. The lowest BCUT2D eigenvalue weighted by Crippen LogP contribution is -2.35. The Bertz CT molecular complexity index is 1060. The van der Waals surface area contributed by atoms with Crippen molar-refractivity contribution < 1.29 is 13.2 Å². The van der Waals surface area contributed by atoms with Crippen molar-refractivity contribution in [3.63, 3.8) is 0 Å². The van der Waals surface area contributed by atoms with Crippen LogP contribution in [0.15, 0.2) is 42.6 Å². The molecule has 5 rings (SSSR count). The van der Waals surface area contributed by atoms with E-state index >= 15 is 0 Å². The van der Waals surface area contributed by atoms with E-state index in [4.69, 9.17) is 11.6 Å². The van der Waals surface area contributed by atoms with E-state index in [1.165, 1.54) is 11.6 Å². The quantitative estimate of drug-likeness (QED) is 0.590. The van der Waals surface area contributed by atoms with Crippen LogP contribution in [0.4, 0.5) is 19.0 Å². The van der Waals surface area contributed by atoms with Crippen LogP contribution in [0.3, 0.4) is 0 Å². The maximum Gasteiger partial charge on any atom is 0.433 e. The normalized spacial score (nSPS) is 24.0. The molecule has 3 atom stereocenters. The number of pyridine rings is 1. The fourth-order valence-electron chi connectivity index (χ4n) is 5.00. The van der Waals surface area contributed by atoms with E-state index in [9.17, 15) is 13.2 Å². The van der Waals surface area contributed by atoms with Crippen LogP contribution in [0.25, 0.3) is 10.9 Å². The molecule has 0 amide bonds. The number of halogens is 4. The van der Waals surface area contributed by atoms with E-state index in [0.29, 0.717) is 28.7 Å². The van der Waals surface area contributed by atoms with Gasteiger partial charge in [-0.15, -0.1) is 0 Å². The van der Waals surface area contributed by atoms with E-state index in [2.05, 4.69) is 15.3 Å². The lowest BCUT2D eigenvalue weighted by molar-refractivity contribution is -0.141. The van der Waals surface area contributed by atoms with Crippen molar-refractivity contribution in [2.24, 2.45) is 11.8 Å². The van der Waals surface area contributed by atoms with Crippen molar-refractivity contribution in [3.05, 3.63) is 58.9 Å². The monoisotopic (exact) mass is 434 g/mol. The number of nitrogens with zero attached hydrogens (tertiary/aromatic N) is 2. The van der Waals surface area contributed by atoms with E-state index < -0.39 is 11.9 Å². The summed E-state index contributed by atoms with van der Waals surface area (Å²) in [6.07, 6.45) is -0.244. The number of hydrogen-bond acceptors (Lipinski definition) is 3. The molecule has 2 fully saturated rings. The van der Waals surface area contributed by atoms with Crippen molar-refractivity contribution in [2.45, 2.75) is 31.6 Å². The van der Waals surface area contributed by atoms with Crippen LogP contribution in [-0.2, 0) is 12.7 Å². The molecule has 2 N–H and O–H groups in total. The summed E-state index contributed by atoms with van der Waals surface area (Å²) in [5.41, 5.74) is 1.40. The molecule has 158 valence electrons. The van der Waals surface area contributed by atoms with Gasteiger partial charge in [-0.1, -0.05) is 17.7 Å². The number of anilines is 1. The molecule has 1 aromatic carbocycles. The molecule has 3 unspecified atom stereocenters. The Morgan fingerprint density at radius 1 is 1.17 bits per heavy atom. The van der Waals surface area contributed by atoms with E-state index in [0.717, 1.165) is 49.4 Å². The van der Waals surface area contributed by atoms with Gasteiger partial charge in [0, 0.05) is 47.8 Å². The number of nitrogens with one attached hydrogen (secondary N) is 2. The lowest BCUT2D eigenvalue weighted by atomic mass is 9.97. The van der Waals surface area contributed by atoms with E-state index in [-0.39, 0.29) is 0 Å². The van der Waals surface area contributed by atoms with Gasteiger partial charge in [0.2, 0.25) is 0 Å². The van der Waals surface area contributed by atoms with Crippen LogP contribution < -0.4 is 10.2 Å². The molecule has 8 heteroatoms. The van der Waals surface area contributed by atoms with Crippen LogP contribution in [0.2, 0.25) is 5.02 Å². The van der Waals surface area contributed by atoms with Gasteiger partial charge in [0.1, 0.15) is 11.5 Å². The summed E-state index contributed by atoms with van der Waals surface area (Å²) in [6.45, 7) is 2.23. The number of benzene rings is 1. The molecule has 0 spiro atoms. The van der Waals surface area contributed by atoms with Gasteiger partial charge in [-0.05, 0) is 60.6 Å². The van der Waals surface area contributed by atoms with Crippen molar-refractivity contribution in [3.8, 4) is 0 Å². The molecule has 2 aromatic heterocycles. The van der Waals surface area contributed by atoms with E-state index in [1.807, 2.05) is 29.3 Å². The third-order valence-corrected chi connectivity index (χ3v) is 6.72. The van der Waals surface area contributed by atoms with Crippen LogP contribution in [0.1, 0.15) is 24.1 Å². The van der Waals surface area contributed by atoms with Crippen LogP contribution in [0, 0.1) is 11.8 Å². The molecule has 1 saturated carbocycles. The molecular formula is C22H22ClF3N4. The van der Waals surface area contributed by atoms with Crippen molar-refractivity contribution in [1.29, 1.82) is 0 Å².